The number of halogens is 2. The fourth-order valence-corrected chi connectivity index (χ4v) is 4.61. The van der Waals surface area contributed by atoms with Gasteiger partial charge in [-0.2, -0.15) is 0 Å². The molecule has 2 aliphatic heterocycles. The molecular formula is C25H35FIN5. The molecule has 32 heavy (non-hydrogen) atoms. The number of benzene rings is 2. The van der Waals surface area contributed by atoms with Crippen molar-refractivity contribution < 1.29 is 4.39 Å². The monoisotopic (exact) mass is 551 g/mol. The minimum Gasteiger partial charge on any atom is -0.368 e. The molecule has 4 rings (SSSR count). The van der Waals surface area contributed by atoms with Crippen molar-refractivity contribution in [2.45, 2.75) is 12.8 Å². The van der Waals surface area contributed by atoms with Crippen molar-refractivity contribution >= 4 is 35.6 Å². The molecule has 7 heteroatoms. The van der Waals surface area contributed by atoms with E-state index in [1.54, 1.807) is 0 Å². The summed E-state index contributed by atoms with van der Waals surface area (Å²) in [7, 11) is 1.87. The molecule has 2 saturated heterocycles. The fourth-order valence-electron chi connectivity index (χ4n) is 4.61. The lowest BCUT2D eigenvalue weighted by molar-refractivity contribution is 0.325. The maximum atomic E-state index is 13.2. The highest BCUT2D eigenvalue weighted by atomic mass is 127. The van der Waals surface area contributed by atoms with Gasteiger partial charge in [0.15, 0.2) is 5.96 Å². The van der Waals surface area contributed by atoms with Crippen LogP contribution >= 0.6 is 24.0 Å². The van der Waals surface area contributed by atoms with E-state index in [1.807, 2.05) is 19.2 Å². The predicted molar refractivity (Wildman–Crippen MR) is 142 cm³/mol. The zero-order chi connectivity index (χ0) is 21.5. The van der Waals surface area contributed by atoms with Crippen molar-refractivity contribution in [3.63, 3.8) is 0 Å². The molecule has 2 aromatic rings. The van der Waals surface area contributed by atoms with E-state index >= 15 is 0 Å². The van der Waals surface area contributed by atoms with E-state index in [0.29, 0.717) is 5.92 Å². The summed E-state index contributed by atoms with van der Waals surface area (Å²) in [6.45, 7) is 8.15. The molecule has 0 saturated carbocycles. The first kappa shape index (κ1) is 24.8. The molecule has 0 amide bonds. The number of hydrogen-bond acceptors (Lipinski definition) is 3. The minimum atomic E-state index is -0.183. The molecule has 0 aromatic heterocycles. The average molecular weight is 551 g/mol. The largest absolute Gasteiger partial charge is 0.368 e. The Hall–Kier alpha value is -1.87. The van der Waals surface area contributed by atoms with Crippen LogP contribution < -0.4 is 10.2 Å². The van der Waals surface area contributed by atoms with Crippen LogP contribution in [-0.4, -0.2) is 75.2 Å². The second kappa shape index (κ2) is 12.4. The van der Waals surface area contributed by atoms with Crippen LogP contribution in [0, 0.1) is 11.7 Å². The molecule has 0 bridgehead atoms. The third kappa shape index (κ3) is 6.81. The Morgan fingerprint density at radius 3 is 2.41 bits per heavy atom. The van der Waals surface area contributed by atoms with Gasteiger partial charge in [0.05, 0.1) is 0 Å². The standard InChI is InChI=1S/C25H34FN5.HI/c1-27-25(31-17-15-30(16-18-31)24-9-7-23(26)8-10-24)28-19-22-12-14-29(20-22)13-11-21-5-3-2-4-6-21;/h2-10,22H,11-20H2,1H3,(H,27,28);1H. The summed E-state index contributed by atoms with van der Waals surface area (Å²) in [5, 5.41) is 3.62. The van der Waals surface area contributed by atoms with Crippen molar-refractivity contribution in [1.29, 1.82) is 0 Å². The van der Waals surface area contributed by atoms with E-state index < -0.39 is 0 Å². The van der Waals surface area contributed by atoms with Gasteiger partial charge in [-0.3, -0.25) is 4.99 Å². The summed E-state index contributed by atoms with van der Waals surface area (Å²) in [5.41, 5.74) is 2.51. The van der Waals surface area contributed by atoms with Crippen molar-refractivity contribution in [3.8, 4) is 0 Å². The normalized spacial score (nSPS) is 19.7. The first-order chi connectivity index (χ1) is 15.2. The number of aliphatic imine (C=N–C) groups is 1. The van der Waals surface area contributed by atoms with Gasteiger partial charge in [0, 0.05) is 58.5 Å². The molecule has 5 nitrogen and oxygen atoms in total. The van der Waals surface area contributed by atoms with Crippen LogP contribution in [0.3, 0.4) is 0 Å². The third-order valence-corrected chi connectivity index (χ3v) is 6.46. The van der Waals surface area contributed by atoms with Gasteiger partial charge >= 0.3 is 0 Å². The summed E-state index contributed by atoms with van der Waals surface area (Å²) >= 11 is 0. The highest BCUT2D eigenvalue weighted by Gasteiger charge is 2.24. The maximum absolute atomic E-state index is 13.2. The molecule has 1 N–H and O–H groups in total. The Labute approximate surface area is 208 Å². The Balaban J connectivity index is 0.00000289. The quantitative estimate of drug-likeness (QED) is 0.338. The zero-order valence-corrected chi connectivity index (χ0v) is 21.3. The minimum absolute atomic E-state index is 0. The number of likely N-dealkylation sites (tertiary alicyclic amines) is 1. The van der Waals surface area contributed by atoms with E-state index in [-0.39, 0.29) is 29.8 Å². The molecule has 0 radical (unpaired) electrons. The lowest BCUT2D eigenvalue weighted by Gasteiger charge is -2.38. The second-order valence-electron chi connectivity index (χ2n) is 8.57. The van der Waals surface area contributed by atoms with Crippen molar-refractivity contribution in [2.24, 2.45) is 10.9 Å². The molecule has 1 atom stereocenters. The Morgan fingerprint density at radius 1 is 1.00 bits per heavy atom. The van der Waals surface area contributed by atoms with Crippen LogP contribution in [0.2, 0.25) is 0 Å². The molecule has 0 aliphatic carbocycles. The zero-order valence-electron chi connectivity index (χ0n) is 18.9. The number of hydrogen-bond donors (Lipinski definition) is 1. The van der Waals surface area contributed by atoms with E-state index in [0.717, 1.165) is 63.9 Å². The Morgan fingerprint density at radius 2 is 1.72 bits per heavy atom. The second-order valence-corrected chi connectivity index (χ2v) is 8.57. The smallest absolute Gasteiger partial charge is 0.193 e. The first-order valence-corrected chi connectivity index (χ1v) is 11.4. The number of anilines is 1. The number of guanidine groups is 1. The SMILES string of the molecule is CN=C(NCC1CCN(CCc2ccccc2)C1)N1CCN(c2ccc(F)cc2)CC1.I. The van der Waals surface area contributed by atoms with Crippen LogP contribution in [0.15, 0.2) is 59.6 Å². The van der Waals surface area contributed by atoms with Crippen molar-refractivity contribution in [1.82, 2.24) is 15.1 Å². The van der Waals surface area contributed by atoms with Crippen molar-refractivity contribution in [3.05, 3.63) is 66.0 Å². The number of piperazine rings is 1. The van der Waals surface area contributed by atoms with Crippen molar-refractivity contribution in [2.75, 3.05) is 64.3 Å². The predicted octanol–water partition coefficient (Wildman–Crippen LogP) is 3.71. The summed E-state index contributed by atoms with van der Waals surface area (Å²) in [5.74, 6) is 1.49. The number of nitrogens with one attached hydrogen (secondary N) is 1. The molecule has 2 fully saturated rings. The third-order valence-electron chi connectivity index (χ3n) is 6.46. The van der Waals surface area contributed by atoms with Gasteiger partial charge in [0.1, 0.15) is 5.82 Å². The average Bonchev–Trinajstić information content (AvgIpc) is 3.28. The molecule has 2 heterocycles. The summed E-state index contributed by atoms with van der Waals surface area (Å²) in [6.07, 6.45) is 2.37. The summed E-state index contributed by atoms with van der Waals surface area (Å²) < 4.78 is 13.2. The lowest BCUT2D eigenvalue weighted by atomic mass is 10.1. The molecule has 0 spiro atoms. The highest BCUT2D eigenvalue weighted by Crippen LogP contribution is 2.18. The van der Waals surface area contributed by atoms with Gasteiger partial charge in [-0.1, -0.05) is 30.3 Å². The Bertz CT molecular complexity index is 837. The van der Waals surface area contributed by atoms with Crippen LogP contribution in [0.25, 0.3) is 0 Å². The molecular weight excluding hydrogens is 516 g/mol. The van der Waals surface area contributed by atoms with Gasteiger partial charge in [-0.05, 0) is 55.1 Å². The van der Waals surface area contributed by atoms with Gasteiger partial charge in [0.25, 0.3) is 0 Å². The molecule has 1 unspecified atom stereocenters. The maximum Gasteiger partial charge on any atom is 0.193 e. The highest BCUT2D eigenvalue weighted by molar-refractivity contribution is 14.0. The summed E-state index contributed by atoms with van der Waals surface area (Å²) in [6, 6.07) is 17.6. The van der Waals surface area contributed by atoms with Crippen LogP contribution in [0.1, 0.15) is 12.0 Å². The first-order valence-electron chi connectivity index (χ1n) is 11.4. The van der Waals surface area contributed by atoms with E-state index in [1.165, 1.54) is 30.7 Å². The van der Waals surface area contributed by atoms with Crippen LogP contribution in [-0.2, 0) is 6.42 Å². The number of nitrogens with zero attached hydrogens (tertiary/aromatic N) is 4. The molecule has 174 valence electrons. The van der Waals surface area contributed by atoms with E-state index in [4.69, 9.17) is 0 Å². The lowest BCUT2D eigenvalue weighted by Crippen LogP contribution is -2.53. The van der Waals surface area contributed by atoms with E-state index in [9.17, 15) is 4.39 Å². The Kier molecular flexibility index (Phi) is 9.59. The molecule has 2 aliphatic rings. The number of rotatable bonds is 6. The van der Waals surface area contributed by atoms with Crippen LogP contribution in [0.5, 0.6) is 0 Å². The fraction of sp³-hybridized carbons (Fsp3) is 0.480. The summed E-state index contributed by atoms with van der Waals surface area (Å²) in [4.78, 5) is 11.8. The van der Waals surface area contributed by atoms with E-state index in [2.05, 4.69) is 55.3 Å². The van der Waals surface area contributed by atoms with Gasteiger partial charge in [-0.25, -0.2) is 4.39 Å². The topological polar surface area (TPSA) is 34.1 Å². The van der Waals surface area contributed by atoms with Crippen LogP contribution in [0.4, 0.5) is 10.1 Å². The molecule has 2 aromatic carbocycles. The van der Waals surface area contributed by atoms with Gasteiger partial charge in [0.2, 0.25) is 0 Å². The van der Waals surface area contributed by atoms with Gasteiger partial charge in [-0.15, -0.1) is 24.0 Å². The van der Waals surface area contributed by atoms with Gasteiger partial charge < -0.3 is 20.0 Å².